The number of carbonyl (C=O) groups is 1. The van der Waals surface area contributed by atoms with E-state index in [1.165, 1.54) is 23.8 Å². The number of phenolic OH excluding ortho intramolecular Hbond substituents is 1. The molecule has 0 unspecified atom stereocenters. The maximum absolute atomic E-state index is 10.3. The number of rotatable bonds is 6. The second-order valence-corrected chi connectivity index (χ2v) is 4.40. The predicted octanol–water partition coefficient (Wildman–Crippen LogP) is 3.83. The molecular weight excluding hydrogens is 280 g/mol. The predicted molar refractivity (Wildman–Crippen MR) is 86.4 cm³/mol. The first-order valence-corrected chi connectivity index (χ1v) is 7.23. The monoisotopic (exact) mass is 302 g/mol. The molecule has 0 spiro atoms. The van der Waals surface area contributed by atoms with E-state index >= 15 is 0 Å². The van der Waals surface area contributed by atoms with E-state index in [-0.39, 0.29) is 5.75 Å². The quantitative estimate of drug-likeness (QED) is 0.824. The van der Waals surface area contributed by atoms with Gasteiger partial charge in [0.1, 0.15) is 6.29 Å². The third-order valence-electron chi connectivity index (χ3n) is 2.74. The summed E-state index contributed by atoms with van der Waals surface area (Å²) < 4.78 is 10.3. The summed E-state index contributed by atoms with van der Waals surface area (Å²) in [6.07, 6.45) is 0.710. The number of hydrogen-bond acceptors (Lipinski definition) is 4. The van der Waals surface area contributed by atoms with Gasteiger partial charge in [-0.3, -0.25) is 4.79 Å². The third-order valence-corrected chi connectivity index (χ3v) is 2.74. The smallest absolute Gasteiger partial charge is 0.161 e. The summed E-state index contributed by atoms with van der Waals surface area (Å²) >= 11 is 0. The van der Waals surface area contributed by atoms with E-state index in [0.29, 0.717) is 24.2 Å². The van der Waals surface area contributed by atoms with Gasteiger partial charge < -0.3 is 14.6 Å². The molecule has 0 atom stereocenters. The first kappa shape index (κ1) is 17.7. The molecule has 4 heteroatoms. The Bertz CT molecular complexity index is 552. The topological polar surface area (TPSA) is 55.8 Å². The van der Waals surface area contributed by atoms with Gasteiger partial charge in [0.15, 0.2) is 11.5 Å². The van der Waals surface area contributed by atoms with Gasteiger partial charge in [-0.1, -0.05) is 30.3 Å². The van der Waals surface area contributed by atoms with Crippen LogP contribution >= 0.6 is 0 Å². The number of hydrogen-bond donors (Lipinski definition) is 1. The Labute approximate surface area is 131 Å². The lowest BCUT2D eigenvalue weighted by atomic mass is 10.2. The average Bonchev–Trinajstić information content (AvgIpc) is 2.57. The molecule has 0 saturated carbocycles. The molecule has 2 rings (SSSR count). The number of carbonyl (C=O) groups excluding carboxylic acids is 1. The van der Waals surface area contributed by atoms with Crippen LogP contribution in [-0.4, -0.2) is 24.6 Å². The lowest BCUT2D eigenvalue weighted by Crippen LogP contribution is -1.92. The van der Waals surface area contributed by atoms with E-state index in [1.807, 2.05) is 32.0 Å². The molecule has 2 aromatic rings. The number of aldehydes is 1. The van der Waals surface area contributed by atoms with Crippen LogP contribution in [0, 0.1) is 0 Å². The Morgan fingerprint density at radius 1 is 1.05 bits per heavy atom. The van der Waals surface area contributed by atoms with E-state index in [2.05, 4.69) is 12.1 Å². The molecule has 0 heterocycles. The van der Waals surface area contributed by atoms with Crippen LogP contribution in [0.3, 0.4) is 0 Å². The van der Waals surface area contributed by atoms with Crippen molar-refractivity contribution in [3.8, 4) is 11.5 Å². The second kappa shape index (κ2) is 10.4. The van der Waals surface area contributed by atoms with Crippen LogP contribution in [0.5, 0.6) is 11.5 Å². The van der Waals surface area contributed by atoms with E-state index < -0.39 is 0 Å². The minimum atomic E-state index is 0.0578. The summed E-state index contributed by atoms with van der Waals surface area (Å²) in [5.74, 6) is 0.407. The van der Waals surface area contributed by atoms with Crippen molar-refractivity contribution in [2.24, 2.45) is 0 Å². The summed E-state index contributed by atoms with van der Waals surface area (Å²) in [6, 6.07) is 14.7. The van der Waals surface area contributed by atoms with Crippen LogP contribution in [0.1, 0.15) is 29.8 Å². The number of aromatic hydroxyl groups is 1. The molecule has 0 bridgehead atoms. The maximum atomic E-state index is 10.3. The largest absolute Gasteiger partial charge is 0.504 e. The highest BCUT2D eigenvalue weighted by Crippen LogP contribution is 2.25. The van der Waals surface area contributed by atoms with Crippen LogP contribution in [0.25, 0.3) is 0 Å². The number of phenols is 1. The van der Waals surface area contributed by atoms with E-state index in [0.717, 1.165) is 13.2 Å². The molecule has 0 saturated heterocycles. The molecule has 1 N–H and O–H groups in total. The maximum Gasteiger partial charge on any atom is 0.161 e. The number of ether oxygens (including phenoxy) is 2. The average molecular weight is 302 g/mol. The van der Waals surface area contributed by atoms with Crippen LogP contribution < -0.4 is 4.74 Å². The normalized spacial score (nSPS) is 9.55. The van der Waals surface area contributed by atoms with Crippen molar-refractivity contribution >= 4 is 6.29 Å². The first-order valence-electron chi connectivity index (χ1n) is 7.23. The minimum absolute atomic E-state index is 0.0578. The zero-order chi connectivity index (χ0) is 16.2. The Hall–Kier alpha value is -2.33. The van der Waals surface area contributed by atoms with Crippen molar-refractivity contribution in [1.82, 2.24) is 0 Å². The molecule has 0 aliphatic heterocycles. The lowest BCUT2D eigenvalue weighted by molar-refractivity contribution is 0.112. The summed E-state index contributed by atoms with van der Waals surface area (Å²) in [7, 11) is 0. The Balaban J connectivity index is 0.000000224. The fraction of sp³-hybridized carbons (Fsp3) is 0.278. The summed E-state index contributed by atoms with van der Waals surface area (Å²) in [5.41, 5.74) is 1.74. The van der Waals surface area contributed by atoms with Gasteiger partial charge in [0, 0.05) is 12.2 Å². The van der Waals surface area contributed by atoms with Crippen molar-refractivity contribution in [2.45, 2.75) is 20.5 Å². The van der Waals surface area contributed by atoms with Gasteiger partial charge in [-0.05, 0) is 37.6 Å². The molecule has 0 radical (unpaired) electrons. The van der Waals surface area contributed by atoms with E-state index in [9.17, 15) is 9.90 Å². The fourth-order valence-electron chi connectivity index (χ4n) is 1.67. The van der Waals surface area contributed by atoms with Gasteiger partial charge in [-0.25, -0.2) is 0 Å². The summed E-state index contributed by atoms with van der Waals surface area (Å²) in [5, 5.41) is 9.22. The lowest BCUT2D eigenvalue weighted by Gasteiger charge is -2.04. The molecule has 22 heavy (non-hydrogen) atoms. The van der Waals surface area contributed by atoms with Gasteiger partial charge in [0.2, 0.25) is 0 Å². The van der Waals surface area contributed by atoms with Gasteiger partial charge in [0.25, 0.3) is 0 Å². The second-order valence-electron chi connectivity index (χ2n) is 4.40. The highest BCUT2D eigenvalue weighted by Gasteiger charge is 2.01. The van der Waals surface area contributed by atoms with E-state index in [1.54, 1.807) is 0 Å². The van der Waals surface area contributed by atoms with E-state index in [4.69, 9.17) is 9.47 Å². The van der Waals surface area contributed by atoms with Crippen molar-refractivity contribution in [3.63, 3.8) is 0 Å². The molecule has 0 aromatic heterocycles. The first-order chi connectivity index (χ1) is 10.7. The number of benzene rings is 2. The van der Waals surface area contributed by atoms with Crippen molar-refractivity contribution in [3.05, 3.63) is 59.7 Å². The van der Waals surface area contributed by atoms with Crippen molar-refractivity contribution in [1.29, 1.82) is 0 Å². The zero-order valence-electron chi connectivity index (χ0n) is 13.0. The molecular formula is C18H22O4. The summed E-state index contributed by atoms with van der Waals surface area (Å²) in [4.78, 5) is 10.3. The highest BCUT2D eigenvalue weighted by molar-refractivity contribution is 5.76. The van der Waals surface area contributed by atoms with Crippen LogP contribution in [0.4, 0.5) is 0 Å². The van der Waals surface area contributed by atoms with Crippen LogP contribution in [0.2, 0.25) is 0 Å². The molecule has 2 aromatic carbocycles. The zero-order valence-corrected chi connectivity index (χ0v) is 13.0. The van der Waals surface area contributed by atoms with Crippen molar-refractivity contribution < 1.29 is 19.4 Å². The Morgan fingerprint density at radius 3 is 2.36 bits per heavy atom. The minimum Gasteiger partial charge on any atom is -0.504 e. The molecule has 0 aliphatic carbocycles. The van der Waals surface area contributed by atoms with Crippen LogP contribution in [-0.2, 0) is 11.3 Å². The molecule has 118 valence electrons. The van der Waals surface area contributed by atoms with Crippen LogP contribution in [0.15, 0.2) is 48.5 Å². The molecule has 0 aliphatic rings. The SMILES string of the molecule is CCOCc1ccccc1.CCOc1cc(C=O)ccc1O. The fourth-order valence-corrected chi connectivity index (χ4v) is 1.67. The standard InChI is InChI=1S/C9H10O3.C9H12O/c1-2-12-9-5-7(6-10)3-4-8(9)11;1-2-10-8-9-6-4-3-5-7-9/h3-6,11H,2H2,1H3;3-7H,2,8H2,1H3. The van der Waals surface area contributed by atoms with Gasteiger partial charge >= 0.3 is 0 Å². The highest BCUT2D eigenvalue weighted by atomic mass is 16.5. The Kier molecular flexibility index (Phi) is 8.38. The van der Waals surface area contributed by atoms with Gasteiger partial charge in [0.05, 0.1) is 13.2 Å². The molecule has 0 fully saturated rings. The van der Waals surface area contributed by atoms with Gasteiger partial charge in [-0.15, -0.1) is 0 Å². The van der Waals surface area contributed by atoms with Crippen molar-refractivity contribution in [2.75, 3.05) is 13.2 Å². The summed E-state index contributed by atoms with van der Waals surface area (Å²) in [6.45, 7) is 5.80. The Morgan fingerprint density at radius 2 is 1.77 bits per heavy atom. The molecule has 0 amide bonds. The third kappa shape index (κ3) is 6.41. The van der Waals surface area contributed by atoms with Gasteiger partial charge in [-0.2, -0.15) is 0 Å². The molecule has 4 nitrogen and oxygen atoms in total.